The van der Waals surface area contributed by atoms with Crippen LogP contribution in [0.15, 0.2) is 30.3 Å². The van der Waals surface area contributed by atoms with Gasteiger partial charge in [-0.1, -0.05) is 36.8 Å². The number of hydrogen-bond donors (Lipinski definition) is 4. The standard InChI is InChI=1S/C10H16N2O3S.C7H9N/c13-8(14)4-2-1-3-7-9-6(5-16-7)11-10(15)12-9;8-6-7-4-2-1-3-5-7/h6-7,9H,1-5H2,(H,13,14)(H2,11,12,15);1-5H,6,8H2/t6-,7-,9-;/m0./s1. The number of carboxylic acids is 1. The van der Waals surface area contributed by atoms with E-state index in [1.165, 1.54) is 5.56 Å². The lowest BCUT2D eigenvalue weighted by atomic mass is 10.0. The largest absolute Gasteiger partial charge is 0.481 e. The summed E-state index contributed by atoms with van der Waals surface area (Å²) in [5.74, 6) is 0.236. The molecule has 0 unspecified atom stereocenters. The summed E-state index contributed by atoms with van der Waals surface area (Å²) in [6, 6.07) is 10.4. The number of urea groups is 1. The van der Waals surface area contributed by atoms with E-state index in [1.54, 1.807) is 0 Å². The number of unbranched alkanes of at least 4 members (excludes halogenated alkanes) is 1. The highest BCUT2D eigenvalue weighted by atomic mass is 32.2. The average Bonchev–Trinajstić information content (AvgIpc) is 3.12. The highest BCUT2D eigenvalue weighted by molar-refractivity contribution is 8.00. The summed E-state index contributed by atoms with van der Waals surface area (Å²) in [5, 5.41) is 14.8. The molecule has 1 aromatic rings. The first-order valence-corrected chi connectivity index (χ1v) is 9.29. The number of aliphatic carboxylic acids is 1. The molecule has 3 atom stereocenters. The quantitative estimate of drug-likeness (QED) is 0.463. The summed E-state index contributed by atoms with van der Waals surface area (Å²) >= 11 is 1.87. The molecule has 5 N–H and O–H groups in total. The van der Waals surface area contributed by atoms with Crippen molar-refractivity contribution in [2.24, 2.45) is 5.73 Å². The number of hydrogen-bond acceptors (Lipinski definition) is 4. The van der Waals surface area contributed by atoms with E-state index < -0.39 is 5.97 Å². The van der Waals surface area contributed by atoms with E-state index in [-0.39, 0.29) is 24.5 Å². The maximum atomic E-state index is 11.1. The van der Waals surface area contributed by atoms with E-state index in [2.05, 4.69) is 10.6 Å². The van der Waals surface area contributed by atoms with Crippen molar-refractivity contribution in [1.82, 2.24) is 10.6 Å². The molecular formula is C17H25N3O3S. The van der Waals surface area contributed by atoms with Gasteiger partial charge in [0.05, 0.1) is 12.1 Å². The predicted octanol–water partition coefficient (Wildman–Crippen LogP) is 1.94. The number of carbonyl (C=O) groups is 2. The smallest absolute Gasteiger partial charge is 0.315 e. The van der Waals surface area contributed by atoms with Crippen LogP contribution in [0.2, 0.25) is 0 Å². The third kappa shape index (κ3) is 5.72. The van der Waals surface area contributed by atoms with Crippen molar-refractivity contribution < 1.29 is 14.7 Å². The van der Waals surface area contributed by atoms with Crippen LogP contribution < -0.4 is 16.4 Å². The van der Waals surface area contributed by atoms with Crippen molar-refractivity contribution >= 4 is 23.8 Å². The number of benzene rings is 1. The van der Waals surface area contributed by atoms with Crippen molar-refractivity contribution in [3.05, 3.63) is 35.9 Å². The van der Waals surface area contributed by atoms with Gasteiger partial charge in [0.2, 0.25) is 0 Å². The molecule has 7 heteroatoms. The van der Waals surface area contributed by atoms with Gasteiger partial charge in [0.15, 0.2) is 0 Å². The zero-order valence-electron chi connectivity index (χ0n) is 13.6. The fourth-order valence-corrected chi connectivity index (χ4v) is 4.42. The van der Waals surface area contributed by atoms with Gasteiger partial charge in [0.1, 0.15) is 0 Å². The molecule has 0 bridgehead atoms. The van der Waals surface area contributed by atoms with Crippen LogP contribution in [0.5, 0.6) is 0 Å². The molecule has 6 nitrogen and oxygen atoms in total. The second-order valence-electron chi connectivity index (χ2n) is 5.95. The van der Waals surface area contributed by atoms with Gasteiger partial charge in [-0.2, -0.15) is 11.8 Å². The van der Waals surface area contributed by atoms with E-state index in [9.17, 15) is 9.59 Å². The minimum absolute atomic E-state index is 0.0640. The molecule has 24 heavy (non-hydrogen) atoms. The van der Waals surface area contributed by atoms with E-state index in [0.717, 1.165) is 25.0 Å². The molecule has 0 aromatic heterocycles. The third-order valence-electron chi connectivity index (χ3n) is 4.15. The second-order valence-corrected chi connectivity index (χ2v) is 7.22. The average molecular weight is 351 g/mol. The Labute approximate surface area is 146 Å². The van der Waals surface area contributed by atoms with Gasteiger partial charge in [0, 0.05) is 24.0 Å². The Hall–Kier alpha value is -1.73. The Balaban J connectivity index is 0.000000219. The molecule has 2 aliphatic rings. The highest BCUT2D eigenvalue weighted by Gasteiger charge is 2.42. The van der Waals surface area contributed by atoms with Gasteiger partial charge < -0.3 is 21.5 Å². The molecule has 2 aliphatic heterocycles. The second kappa shape index (κ2) is 9.54. The molecule has 0 radical (unpaired) electrons. The minimum atomic E-state index is -0.729. The number of carboxylic acid groups (broad SMARTS) is 1. The molecule has 1 aromatic carbocycles. The molecule has 2 heterocycles. The minimum Gasteiger partial charge on any atom is -0.481 e. The lowest BCUT2D eigenvalue weighted by Crippen LogP contribution is -2.36. The van der Waals surface area contributed by atoms with Crippen LogP contribution >= 0.6 is 11.8 Å². The summed E-state index contributed by atoms with van der Waals surface area (Å²) in [5.41, 5.74) is 6.54. The number of fused-ring (bicyclic) bond motifs is 1. The predicted molar refractivity (Wildman–Crippen MR) is 95.9 cm³/mol. The van der Waals surface area contributed by atoms with Gasteiger partial charge in [-0.3, -0.25) is 4.79 Å². The number of nitrogens with one attached hydrogen (secondary N) is 2. The van der Waals surface area contributed by atoms with Crippen molar-refractivity contribution in [1.29, 1.82) is 0 Å². The Kier molecular flexibility index (Phi) is 7.39. The van der Waals surface area contributed by atoms with Crippen molar-refractivity contribution in [3.63, 3.8) is 0 Å². The van der Waals surface area contributed by atoms with Gasteiger partial charge in [-0.05, 0) is 18.4 Å². The fraction of sp³-hybridized carbons (Fsp3) is 0.529. The number of nitrogens with two attached hydrogens (primary N) is 1. The van der Waals surface area contributed by atoms with Crippen LogP contribution in [0, 0.1) is 0 Å². The number of thioether (sulfide) groups is 1. The normalized spacial score (nSPS) is 24.4. The summed E-state index contributed by atoms with van der Waals surface area (Å²) in [4.78, 5) is 21.5. The highest BCUT2D eigenvalue weighted by Crippen LogP contribution is 2.33. The van der Waals surface area contributed by atoms with Crippen molar-refractivity contribution in [2.45, 2.75) is 49.6 Å². The molecule has 0 aliphatic carbocycles. The van der Waals surface area contributed by atoms with Crippen molar-refractivity contribution in [2.75, 3.05) is 5.75 Å². The van der Waals surface area contributed by atoms with Crippen LogP contribution in [-0.2, 0) is 11.3 Å². The Morgan fingerprint density at radius 3 is 2.62 bits per heavy atom. The summed E-state index contributed by atoms with van der Waals surface area (Å²) in [6.45, 7) is 0.640. The van der Waals surface area contributed by atoms with Crippen LogP contribution in [0.4, 0.5) is 4.79 Å². The first kappa shape index (κ1) is 18.6. The van der Waals surface area contributed by atoms with E-state index in [0.29, 0.717) is 11.8 Å². The van der Waals surface area contributed by atoms with Gasteiger partial charge in [-0.15, -0.1) is 0 Å². The molecule has 2 fully saturated rings. The molecular weight excluding hydrogens is 326 g/mol. The lowest BCUT2D eigenvalue weighted by Gasteiger charge is -2.16. The molecule has 132 valence electrons. The van der Waals surface area contributed by atoms with Gasteiger partial charge in [0.25, 0.3) is 0 Å². The van der Waals surface area contributed by atoms with Crippen LogP contribution in [-0.4, -0.2) is 40.2 Å². The fourth-order valence-electron chi connectivity index (χ4n) is 2.88. The lowest BCUT2D eigenvalue weighted by molar-refractivity contribution is -0.137. The number of amides is 2. The van der Waals surface area contributed by atoms with Crippen LogP contribution in [0.3, 0.4) is 0 Å². The zero-order chi connectivity index (χ0) is 17.4. The van der Waals surface area contributed by atoms with Crippen LogP contribution in [0.1, 0.15) is 31.2 Å². The maximum absolute atomic E-state index is 11.1. The molecule has 3 rings (SSSR count). The summed E-state index contributed by atoms with van der Waals surface area (Å²) in [6.07, 6.45) is 2.88. The molecule has 2 amide bonds. The number of carbonyl (C=O) groups excluding carboxylic acids is 1. The summed E-state index contributed by atoms with van der Waals surface area (Å²) < 4.78 is 0. The third-order valence-corrected chi connectivity index (χ3v) is 5.65. The van der Waals surface area contributed by atoms with Crippen LogP contribution in [0.25, 0.3) is 0 Å². The number of rotatable bonds is 6. The Morgan fingerprint density at radius 2 is 2.00 bits per heavy atom. The molecule has 0 spiro atoms. The zero-order valence-corrected chi connectivity index (χ0v) is 14.4. The molecule has 2 saturated heterocycles. The summed E-state index contributed by atoms with van der Waals surface area (Å²) in [7, 11) is 0. The first-order chi connectivity index (χ1) is 11.6. The SMILES string of the molecule is NCc1ccccc1.O=C(O)CCCC[C@@H]1SC[C@@H]2NC(=O)N[C@@H]21. The van der Waals surface area contributed by atoms with Gasteiger partial charge >= 0.3 is 12.0 Å². The van der Waals surface area contributed by atoms with Crippen molar-refractivity contribution in [3.8, 4) is 0 Å². The molecule has 0 saturated carbocycles. The Morgan fingerprint density at radius 1 is 1.25 bits per heavy atom. The Bertz CT molecular complexity index is 541. The van der Waals surface area contributed by atoms with E-state index >= 15 is 0 Å². The first-order valence-electron chi connectivity index (χ1n) is 8.24. The maximum Gasteiger partial charge on any atom is 0.315 e. The van der Waals surface area contributed by atoms with E-state index in [1.807, 2.05) is 42.1 Å². The topological polar surface area (TPSA) is 104 Å². The van der Waals surface area contributed by atoms with E-state index in [4.69, 9.17) is 10.8 Å². The monoisotopic (exact) mass is 351 g/mol. The van der Waals surface area contributed by atoms with Gasteiger partial charge in [-0.25, -0.2) is 4.79 Å².